The number of carbonyl (C=O) groups is 1. The first-order valence-corrected chi connectivity index (χ1v) is 3.31. The second-order valence-electron chi connectivity index (χ2n) is 2.28. The zero-order valence-corrected chi connectivity index (χ0v) is 6.25. The Bertz CT molecular complexity index is 163. The minimum absolute atomic E-state index is 0.589. The summed E-state index contributed by atoms with van der Waals surface area (Å²) in [7, 11) is 0. The van der Waals surface area contributed by atoms with Crippen LogP contribution in [0.15, 0.2) is 0 Å². The molecule has 5 N–H and O–H groups in total. The molecule has 0 bridgehead atoms. The van der Waals surface area contributed by atoms with Crippen LogP contribution in [0.5, 0.6) is 0 Å². The van der Waals surface area contributed by atoms with Gasteiger partial charge in [0.25, 0.3) is 0 Å². The standard InChI is InChI=1S/C6H12O6/c7-1-3(9)5(11)6(12)4(10)2-8/h3-5,7-11H,1-2H2/t3-,4+,5-/m1/s1/i8T. The third kappa shape index (κ3) is 2.84. The summed E-state index contributed by atoms with van der Waals surface area (Å²) in [5, 5.41) is 38.7. The van der Waals surface area contributed by atoms with E-state index < -0.39 is 37.3 Å². The Hall–Kier alpha value is -0.530. The molecule has 0 rings (SSSR count). The van der Waals surface area contributed by atoms with Crippen molar-refractivity contribution in [1.82, 2.24) is 0 Å². The first kappa shape index (κ1) is 9.56. The Morgan fingerprint density at radius 2 is 1.92 bits per heavy atom. The van der Waals surface area contributed by atoms with Crippen molar-refractivity contribution in [1.29, 1.82) is 1.43 Å². The van der Waals surface area contributed by atoms with Crippen molar-refractivity contribution in [2.24, 2.45) is 0 Å². The van der Waals surface area contributed by atoms with Gasteiger partial charge in [0.15, 0.2) is 5.78 Å². The van der Waals surface area contributed by atoms with E-state index in [1.807, 2.05) is 0 Å². The van der Waals surface area contributed by atoms with E-state index in [9.17, 15) is 4.79 Å². The van der Waals surface area contributed by atoms with Crippen LogP contribution in [-0.4, -0.2) is 64.3 Å². The molecule has 0 fully saturated rings. The summed E-state index contributed by atoms with van der Waals surface area (Å²) in [5.74, 6) is -1.09. The zero-order valence-electron chi connectivity index (χ0n) is 7.25. The summed E-state index contributed by atoms with van der Waals surface area (Å²) < 4.78 is 6.21. The predicted molar refractivity (Wildman–Crippen MR) is 37.2 cm³/mol. The lowest BCUT2D eigenvalue weighted by Crippen LogP contribution is -2.43. The van der Waals surface area contributed by atoms with E-state index in [1.165, 1.54) is 0 Å². The minimum Gasteiger partial charge on any atom is -0.394 e. The van der Waals surface area contributed by atoms with Crippen LogP contribution in [0.4, 0.5) is 0 Å². The van der Waals surface area contributed by atoms with Gasteiger partial charge in [0.05, 0.1) is 13.2 Å². The number of hydrogen-bond donors (Lipinski definition) is 5. The average Bonchev–Trinajstić information content (AvgIpc) is 2.14. The highest BCUT2D eigenvalue weighted by atomic mass is 16.4. The first-order chi connectivity index (χ1) is 6.04. The maximum atomic E-state index is 10.9. The van der Waals surface area contributed by atoms with Crippen LogP contribution in [0, 0.1) is 0 Å². The van der Waals surface area contributed by atoms with E-state index in [4.69, 9.17) is 21.9 Å². The summed E-state index contributed by atoms with van der Waals surface area (Å²) in [6.45, 7) is -1.38. The Morgan fingerprint density at radius 1 is 1.33 bits per heavy atom. The smallest absolute Gasteiger partial charge is 0.210 e. The Labute approximate surface area is 70.2 Å². The lowest BCUT2D eigenvalue weighted by atomic mass is 10.1. The second kappa shape index (κ2) is 5.18. The highest BCUT2D eigenvalue weighted by Gasteiger charge is 2.28. The molecule has 0 unspecified atom stereocenters. The molecule has 6 nitrogen and oxygen atoms in total. The molecule has 0 aliphatic carbocycles. The quantitative estimate of drug-likeness (QED) is 0.292. The Morgan fingerprint density at radius 3 is 2.33 bits per heavy atom. The van der Waals surface area contributed by atoms with E-state index in [-0.39, 0.29) is 0 Å². The monoisotopic (exact) mass is 182 g/mol. The summed E-state index contributed by atoms with van der Waals surface area (Å²) in [5.41, 5.74) is 0. The van der Waals surface area contributed by atoms with Gasteiger partial charge in [0.2, 0.25) is 1.43 Å². The van der Waals surface area contributed by atoms with E-state index in [0.717, 1.165) is 0 Å². The lowest BCUT2D eigenvalue weighted by Gasteiger charge is -2.16. The van der Waals surface area contributed by atoms with Gasteiger partial charge >= 0.3 is 0 Å². The second-order valence-corrected chi connectivity index (χ2v) is 2.28. The molecule has 0 spiro atoms. The average molecular weight is 182 g/mol. The highest BCUT2D eigenvalue weighted by molar-refractivity contribution is 5.87. The Kier molecular flexibility index (Phi) is 4.12. The number of hydrogen-bond acceptors (Lipinski definition) is 6. The lowest BCUT2D eigenvalue weighted by molar-refractivity contribution is -0.144. The van der Waals surface area contributed by atoms with E-state index >= 15 is 0 Å². The molecule has 0 aliphatic heterocycles. The number of aliphatic hydroxyl groups excluding tert-OH is 5. The summed E-state index contributed by atoms with van der Waals surface area (Å²) in [4.78, 5) is 10.9. The van der Waals surface area contributed by atoms with Crippen LogP contribution in [0.25, 0.3) is 0 Å². The van der Waals surface area contributed by atoms with Crippen molar-refractivity contribution in [2.75, 3.05) is 13.2 Å². The number of ketones is 1. The van der Waals surface area contributed by atoms with E-state index in [2.05, 4.69) is 5.11 Å². The normalized spacial score (nSPS) is 19.5. The fraction of sp³-hybridized carbons (Fsp3) is 0.833. The van der Waals surface area contributed by atoms with Crippen molar-refractivity contribution < 1.29 is 30.3 Å². The van der Waals surface area contributed by atoms with E-state index in [1.54, 1.807) is 0 Å². The number of Topliss-reactive ketones (excluding diaryl/α,β-unsaturated/α-hetero) is 1. The van der Waals surface area contributed by atoms with Gasteiger partial charge in [-0.1, -0.05) is 0 Å². The van der Waals surface area contributed by atoms with Gasteiger partial charge in [-0.05, 0) is 0 Å². The molecule has 0 heterocycles. The van der Waals surface area contributed by atoms with E-state index in [0.29, 0.717) is 0 Å². The fourth-order valence-corrected chi connectivity index (χ4v) is 0.569. The molecule has 72 valence electrons. The SMILES string of the molecule is [3H]OC[C@H](O)C(=O)[C@H](O)[C@H](O)CO. The van der Waals surface area contributed by atoms with Gasteiger partial charge in [-0.25, -0.2) is 0 Å². The van der Waals surface area contributed by atoms with Gasteiger partial charge in [0.1, 0.15) is 18.3 Å². The van der Waals surface area contributed by atoms with Crippen LogP contribution in [0.3, 0.4) is 0 Å². The van der Waals surface area contributed by atoms with Crippen molar-refractivity contribution in [2.45, 2.75) is 18.3 Å². The zero-order chi connectivity index (χ0) is 10.4. The maximum Gasteiger partial charge on any atom is 0.210 e. The molecular formula is C6H12O6. The summed E-state index contributed by atoms with van der Waals surface area (Å²) >= 11 is 0. The molecular weight excluding hydrogens is 168 g/mol. The molecule has 0 saturated carbocycles. The highest BCUT2D eigenvalue weighted by Crippen LogP contribution is 1.98. The molecule has 0 radical (unpaired) electrons. The van der Waals surface area contributed by atoms with Crippen molar-refractivity contribution >= 4 is 5.78 Å². The van der Waals surface area contributed by atoms with Gasteiger partial charge < -0.3 is 25.5 Å². The van der Waals surface area contributed by atoms with Crippen LogP contribution in [-0.2, 0) is 4.79 Å². The number of aliphatic hydroxyl groups is 5. The van der Waals surface area contributed by atoms with Gasteiger partial charge in [-0.3, -0.25) is 4.79 Å². The van der Waals surface area contributed by atoms with Gasteiger partial charge in [0, 0.05) is 0 Å². The number of carbonyl (C=O) groups excluding carboxylic acids is 1. The molecule has 0 aromatic carbocycles. The Balaban J connectivity index is 4.08. The summed E-state index contributed by atoms with van der Waals surface area (Å²) in [6, 6.07) is 0. The third-order valence-electron chi connectivity index (χ3n) is 1.33. The molecule has 3 atom stereocenters. The summed E-state index contributed by atoms with van der Waals surface area (Å²) in [6.07, 6.45) is -5.17. The van der Waals surface area contributed by atoms with Crippen LogP contribution >= 0.6 is 0 Å². The molecule has 0 aliphatic rings. The maximum absolute atomic E-state index is 10.9. The minimum atomic E-state index is -1.87. The third-order valence-corrected chi connectivity index (χ3v) is 1.33. The van der Waals surface area contributed by atoms with Crippen LogP contribution in [0.1, 0.15) is 0 Å². The number of rotatable bonds is 6. The van der Waals surface area contributed by atoms with Crippen LogP contribution in [0.2, 0.25) is 0 Å². The molecule has 6 heteroatoms. The topological polar surface area (TPSA) is 118 Å². The molecule has 0 aromatic heterocycles. The molecule has 0 saturated heterocycles. The predicted octanol–water partition coefficient (Wildman–Crippen LogP) is -3.38. The first-order valence-electron chi connectivity index (χ1n) is 3.72. The van der Waals surface area contributed by atoms with Crippen LogP contribution < -0.4 is 0 Å². The molecule has 0 amide bonds. The van der Waals surface area contributed by atoms with Gasteiger partial charge in [-0.15, -0.1) is 0 Å². The fourth-order valence-electron chi connectivity index (χ4n) is 0.569. The molecule has 12 heavy (non-hydrogen) atoms. The largest absolute Gasteiger partial charge is 0.394 e. The van der Waals surface area contributed by atoms with Crippen molar-refractivity contribution in [3.8, 4) is 0 Å². The van der Waals surface area contributed by atoms with Crippen molar-refractivity contribution in [3.05, 3.63) is 0 Å². The van der Waals surface area contributed by atoms with Crippen molar-refractivity contribution in [3.63, 3.8) is 0 Å². The van der Waals surface area contributed by atoms with Gasteiger partial charge in [-0.2, -0.15) is 0 Å². The molecule has 0 aromatic rings.